The van der Waals surface area contributed by atoms with E-state index in [1.54, 1.807) is 0 Å². The van der Waals surface area contributed by atoms with Crippen molar-refractivity contribution in [3.63, 3.8) is 0 Å². The topological polar surface area (TPSA) is 0 Å². The second-order valence-electron chi connectivity index (χ2n) is 10.7. The van der Waals surface area contributed by atoms with E-state index in [0.29, 0.717) is 0 Å². The van der Waals surface area contributed by atoms with Crippen molar-refractivity contribution in [2.75, 3.05) is 0 Å². The SMILES string of the molecule is [c]1cccc2c(-c3ccccc3)c3c(-c4ccccc4)c4ccccc4c(-c4ccccc4)c3c(-c3ccccc3)c12. The van der Waals surface area contributed by atoms with Gasteiger partial charge in [-0.2, -0.15) is 0 Å². The minimum absolute atomic E-state index is 1.14. The lowest BCUT2D eigenvalue weighted by atomic mass is 9.77. The van der Waals surface area contributed by atoms with Crippen molar-refractivity contribution in [1.29, 1.82) is 0 Å². The van der Waals surface area contributed by atoms with Gasteiger partial charge in [-0.3, -0.25) is 0 Å². The first-order valence-electron chi connectivity index (χ1n) is 14.5. The summed E-state index contributed by atoms with van der Waals surface area (Å²) in [6.45, 7) is 0. The normalized spacial score (nSPS) is 11.3. The zero-order valence-corrected chi connectivity index (χ0v) is 23.1. The van der Waals surface area contributed by atoms with Crippen molar-refractivity contribution >= 4 is 32.3 Å². The van der Waals surface area contributed by atoms with Crippen molar-refractivity contribution in [3.05, 3.63) is 170 Å². The quantitative estimate of drug-likeness (QED) is 0.198. The van der Waals surface area contributed by atoms with Gasteiger partial charge in [0.15, 0.2) is 0 Å². The van der Waals surface area contributed by atoms with Crippen LogP contribution in [0.3, 0.4) is 0 Å². The van der Waals surface area contributed by atoms with E-state index in [-0.39, 0.29) is 0 Å². The Kier molecular flexibility index (Phi) is 5.90. The van der Waals surface area contributed by atoms with Crippen LogP contribution in [0, 0.1) is 6.07 Å². The first-order chi connectivity index (χ1) is 20.9. The van der Waals surface area contributed by atoms with Gasteiger partial charge < -0.3 is 0 Å². The summed E-state index contributed by atoms with van der Waals surface area (Å²) < 4.78 is 0. The largest absolute Gasteiger partial charge is 0.0622 e. The maximum absolute atomic E-state index is 3.71. The predicted molar refractivity (Wildman–Crippen MR) is 180 cm³/mol. The molecule has 0 N–H and O–H groups in total. The fourth-order valence-electron chi connectivity index (χ4n) is 6.66. The van der Waals surface area contributed by atoms with Gasteiger partial charge in [-0.15, -0.1) is 0 Å². The lowest BCUT2D eigenvalue weighted by molar-refractivity contribution is 1.63. The summed E-state index contributed by atoms with van der Waals surface area (Å²) in [5.41, 5.74) is 9.83. The van der Waals surface area contributed by atoms with Crippen LogP contribution in [0.15, 0.2) is 164 Å². The molecule has 0 spiro atoms. The first kappa shape index (κ1) is 24.3. The van der Waals surface area contributed by atoms with Crippen LogP contribution in [-0.4, -0.2) is 0 Å². The summed E-state index contributed by atoms with van der Waals surface area (Å²) >= 11 is 0. The second kappa shape index (κ2) is 10.2. The van der Waals surface area contributed by atoms with Crippen molar-refractivity contribution < 1.29 is 0 Å². The summed E-state index contributed by atoms with van der Waals surface area (Å²) in [7, 11) is 0. The van der Waals surface area contributed by atoms with Crippen LogP contribution in [-0.2, 0) is 0 Å². The molecule has 0 aliphatic rings. The van der Waals surface area contributed by atoms with Crippen LogP contribution < -0.4 is 0 Å². The zero-order chi connectivity index (χ0) is 27.9. The van der Waals surface area contributed by atoms with Crippen molar-refractivity contribution in [3.8, 4) is 44.5 Å². The monoisotopic (exact) mass is 531 g/mol. The molecule has 8 aromatic carbocycles. The molecule has 0 heteroatoms. The average Bonchev–Trinajstić information content (AvgIpc) is 3.07. The molecule has 8 aromatic rings. The molecule has 1 radical (unpaired) electrons. The smallest absolute Gasteiger partial charge is 0.000117 e. The molecule has 0 heterocycles. The Hall–Kier alpha value is -5.46. The Morgan fingerprint density at radius 2 is 0.619 bits per heavy atom. The molecular formula is C42H27. The van der Waals surface area contributed by atoms with Crippen molar-refractivity contribution in [1.82, 2.24) is 0 Å². The van der Waals surface area contributed by atoms with Crippen molar-refractivity contribution in [2.24, 2.45) is 0 Å². The summed E-state index contributed by atoms with van der Waals surface area (Å²) in [5, 5.41) is 7.39. The maximum Gasteiger partial charge on any atom is -0.000117 e. The molecule has 0 aliphatic heterocycles. The molecule has 0 saturated carbocycles. The van der Waals surface area contributed by atoms with Crippen LogP contribution in [0.1, 0.15) is 0 Å². The molecule has 8 rings (SSSR count). The highest BCUT2D eigenvalue weighted by molar-refractivity contribution is 6.33. The van der Waals surface area contributed by atoms with Gasteiger partial charge in [0.25, 0.3) is 0 Å². The van der Waals surface area contributed by atoms with Gasteiger partial charge >= 0.3 is 0 Å². The molecule has 0 amide bonds. The Morgan fingerprint density at radius 3 is 1.07 bits per heavy atom. The first-order valence-corrected chi connectivity index (χ1v) is 14.5. The molecule has 42 heavy (non-hydrogen) atoms. The third-order valence-electron chi connectivity index (χ3n) is 8.34. The lowest BCUT2D eigenvalue weighted by Crippen LogP contribution is -1.97. The Morgan fingerprint density at radius 1 is 0.286 bits per heavy atom. The molecule has 0 atom stereocenters. The van der Waals surface area contributed by atoms with Crippen molar-refractivity contribution in [2.45, 2.75) is 0 Å². The highest BCUT2D eigenvalue weighted by atomic mass is 14.3. The van der Waals surface area contributed by atoms with E-state index in [1.807, 2.05) is 0 Å². The van der Waals surface area contributed by atoms with Gasteiger partial charge in [-0.05, 0) is 82.9 Å². The van der Waals surface area contributed by atoms with Crippen LogP contribution in [0.25, 0.3) is 76.8 Å². The van der Waals surface area contributed by atoms with E-state index < -0.39 is 0 Å². The van der Waals surface area contributed by atoms with E-state index in [1.165, 1.54) is 71.4 Å². The molecular weight excluding hydrogens is 504 g/mol. The molecule has 0 bridgehead atoms. The number of benzene rings is 8. The third-order valence-corrected chi connectivity index (χ3v) is 8.34. The van der Waals surface area contributed by atoms with Crippen LogP contribution in [0.5, 0.6) is 0 Å². The molecule has 0 nitrogen and oxygen atoms in total. The van der Waals surface area contributed by atoms with Gasteiger partial charge in [0.05, 0.1) is 0 Å². The molecule has 0 aromatic heterocycles. The van der Waals surface area contributed by atoms with Gasteiger partial charge in [-0.25, -0.2) is 0 Å². The van der Waals surface area contributed by atoms with E-state index in [9.17, 15) is 0 Å². The van der Waals surface area contributed by atoms with Crippen LogP contribution in [0.4, 0.5) is 0 Å². The van der Waals surface area contributed by atoms with E-state index >= 15 is 0 Å². The van der Waals surface area contributed by atoms with Gasteiger partial charge in [0.2, 0.25) is 0 Å². The number of fused-ring (bicyclic) bond motifs is 3. The number of rotatable bonds is 4. The molecule has 0 saturated heterocycles. The van der Waals surface area contributed by atoms with Gasteiger partial charge in [0, 0.05) is 0 Å². The zero-order valence-electron chi connectivity index (χ0n) is 23.1. The highest BCUT2D eigenvalue weighted by Crippen LogP contribution is 2.53. The molecule has 0 aliphatic carbocycles. The standard InChI is InChI=1S/C42H27/c1-5-17-29(18-6-1)37-33-25-13-14-26-34(33)39(31-21-9-3-10-22-31)42-40(32-23-11-4-12-24-32)36-28-16-15-27-35(36)38(41(37)42)30-19-7-2-8-20-30/h1-27H. The van der Waals surface area contributed by atoms with Crippen LogP contribution in [0.2, 0.25) is 0 Å². The molecule has 0 unspecified atom stereocenters. The third kappa shape index (κ3) is 3.84. The summed E-state index contributed by atoms with van der Waals surface area (Å²) in [5.74, 6) is 0. The minimum Gasteiger partial charge on any atom is -0.0622 e. The Balaban J connectivity index is 1.77. The fourth-order valence-corrected chi connectivity index (χ4v) is 6.66. The Bertz CT molecular complexity index is 1880. The summed E-state index contributed by atoms with van der Waals surface area (Å²) in [6, 6.07) is 62.6. The average molecular weight is 532 g/mol. The molecule has 0 fully saturated rings. The minimum atomic E-state index is 1.14. The van der Waals surface area contributed by atoms with Crippen LogP contribution >= 0.6 is 0 Å². The van der Waals surface area contributed by atoms with E-state index in [0.717, 1.165) is 5.39 Å². The lowest BCUT2D eigenvalue weighted by Gasteiger charge is -2.25. The number of hydrogen-bond donors (Lipinski definition) is 0. The highest BCUT2D eigenvalue weighted by Gasteiger charge is 2.25. The fraction of sp³-hybridized carbons (Fsp3) is 0. The Labute approximate surface area is 246 Å². The maximum atomic E-state index is 3.71. The summed E-state index contributed by atoms with van der Waals surface area (Å²) in [4.78, 5) is 0. The summed E-state index contributed by atoms with van der Waals surface area (Å²) in [6.07, 6.45) is 0. The van der Waals surface area contributed by atoms with Gasteiger partial charge in [-0.1, -0.05) is 164 Å². The second-order valence-corrected chi connectivity index (χ2v) is 10.7. The number of hydrogen-bond acceptors (Lipinski definition) is 0. The predicted octanol–water partition coefficient (Wildman–Crippen LogP) is 11.6. The van der Waals surface area contributed by atoms with E-state index in [2.05, 4.69) is 170 Å². The van der Waals surface area contributed by atoms with E-state index in [4.69, 9.17) is 0 Å². The molecule has 195 valence electrons. The van der Waals surface area contributed by atoms with Gasteiger partial charge in [0.1, 0.15) is 0 Å².